The van der Waals surface area contributed by atoms with Gasteiger partial charge in [-0.25, -0.2) is 13.8 Å². The van der Waals surface area contributed by atoms with Gasteiger partial charge in [-0.2, -0.15) is 0 Å². The number of nitrogens with zero attached hydrogens (tertiary/aromatic N) is 4. The average Bonchev–Trinajstić information content (AvgIpc) is 2.85. The highest BCUT2D eigenvalue weighted by Gasteiger charge is 2.27. The van der Waals surface area contributed by atoms with E-state index in [0.29, 0.717) is 24.1 Å². The summed E-state index contributed by atoms with van der Waals surface area (Å²) >= 11 is 0. The number of hydrogen-bond donors (Lipinski definition) is 1. The molecule has 0 aliphatic heterocycles. The number of ether oxygens (including phenoxy) is 1. The average molecular weight is 475 g/mol. The van der Waals surface area contributed by atoms with Gasteiger partial charge in [-0.1, -0.05) is 12.1 Å². The van der Waals surface area contributed by atoms with Gasteiger partial charge in [0.1, 0.15) is 23.1 Å². The van der Waals surface area contributed by atoms with E-state index in [2.05, 4.69) is 11.7 Å². The van der Waals surface area contributed by atoms with Crippen molar-refractivity contribution < 1.29 is 28.2 Å². The van der Waals surface area contributed by atoms with Crippen LogP contribution >= 0.6 is 0 Å². The molecular formula is C24H28F2N4O4. The fourth-order valence-corrected chi connectivity index (χ4v) is 3.05. The number of rotatable bonds is 13. The SMILES string of the molecule is C=N/C(=C(/C(=O)N(C)CCCO)N(COc1ccc(F)cc1)Cc1ccc(F)cc1)N(C)C=O. The van der Waals surface area contributed by atoms with Crippen LogP contribution in [0.5, 0.6) is 5.75 Å². The van der Waals surface area contributed by atoms with Crippen molar-refractivity contribution >= 4 is 19.0 Å². The Bertz CT molecular complexity index is 997. The van der Waals surface area contributed by atoms with Crippen LogP contribution in [-0.4, -0.2) is 72.8 Å². The quantitative estimate of drug-likeness (QED) is 0.209. The molecule has 0 unspecified atom stereocenters. The van der Waals surface area contributed by atoms with E-state index in [1.807, 2.05) is 0 Å². The second-order valence-electron chi connectivity index (χ2n) is 7.40. The maximum absolute atomic E-state index is 13.5. The predicted octanol–water partition coefficient (Wildman–Crippen LogP) is 2.60. The zero-order chi connectivity index (χ0) is 25.1. The van der Waals surface area contributed by atoms with E-state index in [0.717, 1.165) is 4.90 Å². The van der Waals surface area contributed by atoms with E-state index in [-0.39, 0.29) is 37.9 Å². The van der Waals surface area contributed by atoms with Crippen LogP contribution in [-0.2, 0) is 16.1 Å². The van der Waals surface area contributed by atoms with Crippen LogP contribution in [0.25, 0.3) is 0 Å². The van der Waals surface area contributed by atoms with Crippen molar-refractivity contribution in [3.05, 3.63) is 77.2 Å². The van der Waals surface area contributed by atoms with Gasteiger partial charge in [-0.15, -0.1) is 0 Å². The molecule has 0 fully saturated rings. The Balaban J connectivity index is 2.51. The smallest absolute Gasteiger partial charge is 0.273 e. The summed E-state index contributed by atoms with van der Waals surface area (Å²) in [6.07, 6.45) is 0.835. The van der Waals surface area contributed by atoms with Gasteiger partial charge >= 0.3 is 0 Å². The third-order valence-electron chi connectivity index (χ3n) is 4.86. The standard InChI is InChI=1S/C24H28F2N4O4/c1-27-23(29(3)16-32)22(24(33)28(2)13-4-14-31)30(15-18-5-7-19(25)8-6-18)17-34-21-11-9-20(26)10-12-21/h5-12,16,31H,1,4,13-15,17H2,2-3H3/b23-22+. The number of halogens is 2. The van der Waals surface area contributed by atoms with Gasteiger partial charge in [0.05, 0.1) is 0 Å². The van der Waals surface area contributed by atoms with Gasteiger partial charge in [-0.3, -0.25) is 9.59 Å². The van der Waals surface area contributed by atoms with Crippen molar-refractivity contribution in [2.75, 3.05) is 34.0 Å². The maximum atomic E-state index is 13.5. The van der Waals surface area contributed by atoms with Crippen LogP contribution in [0.2, 0.25) is 0 Å². The number of aliphatic imine (C=N–C) groups is 1. The summed E-state index contributed by atoms with van der Waals surface area (Å²) in [5.41, 5.74) is 0.668. The topological polar surface area (TPSA) is 85.7 Å². The molecule has 0 spiro atoms. The fraction of sp³-hybridized carbons (Fsp3) is 0.292. The first-order chi connectivity index (χ1) is 16.3. The van der Waals surface area contributed by atoms with Gasteiger partial charge in [-0.05, 0) is 55.1 Å². The van der Waals surface area contributed by atoms with Crippen molar-refractivity contribution in [3.63, 3.8) is 0 Å². The fourth-order valence-electron chi connectivity index (χ4n) is 3.05. The monoisotopic (exact) mass is 474 g/mol. The second-order valence-corrected chi connectivity index (χ2v) is 7.40. The minimum Gasteiger partial charge on any atom is -0.473 e. The van der Waals surface area contributed by atoms with E-state index in [4.69, 9.17) is 9.84 Å². The zero-order valence-electron chi connectivity index (χ0n) is 19.2. The lowest BCUT2D eigenvalue weighted by atomic mass is 10.2. The summed E-state index contributed by atoms with van der Waals surface area (Å²) in [4.78, 5) is 32.9. The Morgan fingerprint density at radius 1 is 1.09 bits per heavy atom. The molecule has 0 saturated heterocycles. The summed E-state index contributed by atoms with van der Waals surface area (Å²) in [6, 6.07) is 11.0. The minimum absolute atomic E-state index is 0.0106. The van der Waals surface area contributed by atoms with Gasteiger partial charge in [0.2, 0.25) is 6.41 Å². The van der Waals surface area contributed by atoms with E-state index in [9.17, 15) is 18.4 Å². The molecule has 2 aromatic carbocycles. The van der Waals surface area contributed by atoms with Crippen molar-refractivity contribution in [1.82, 2.24) is 14.7 Å². The molecule has 34 heavy (non-hydrogen) atoms. The van der Waals surface area contributed by atoms with Crippen molar-refractivity contribution in [3.8, 4) is 5.75 Å². The largest absolute Gasteiger partial charge is 0.473 e. The summed E-state index contributed by atoms with van der Waals surface area (Å²) in [5, 5.41) is 9.15. The molecule has 8 nitrogen and oxygen atoms in total. The first-order valence-electron chi connectivity index (χ1n) is 10.4. The van der Waals surface area contributed by atoms with Crippen LogP contribution < -0.4 is 4.74 Å². The summed E-state index contributed by atoms with van der Waals surface area (Å²) in [6.45, 7) is 3.57. The summed E-state index contributed by atoms with van der Waals surface area (Å²) in [7, 11) is 2.98. The lowest BCUT2D eigenvalue weighted by Crippen LogP contribution is -2.41. The number of aliphatic hydroxyl groups excluding tert-OH is 1. The van der Waals surface area contributed by atoms with Crippen molar-refractivity contribution in [2.24, 2.45) is 4.99 Å². The number of carbonyl (C=O) groups excluding carboxylic acids is 2. The van der Waals surface area contributed by atoms with Crippen molar-refractivity contribution in [2.45, 2.75) is 13.0 Å². The predicted molar refractivity (Wildman–Crippen MR) is 124 cm³/mol. The molecule has 1 N–H and O–H groups in total. The highest BCUT2D eigenvalue weighted by atomic mass is 19.1. The van der Waals surface area contributed by atoms with Gasteiger partial charge in [0.15, 0.2) is 12.6 Å². The number of benzene rings is 2. The number of likely N-dealkylation sites (N-methyl/N-ethyl adjacent to an activating group) is 1. The highest BCUT2D eigenvalue weighted by molar-refractivity contribution is 5.93. The Kier molecular flexibility index (Phi) is 10.2. The second kappa shape index (κ2) is 13.0. The molecule has 0 radical (unpaired) electrons. The molecule has 182 valence electrons. The molecule has 0 aliphatic carbocycles. The third kappa shape index (κ3) is 7.38. The molecule has 0 bridgehead atoms. The Morgan fingerprint density at radius 2 is 1.68 bits per heavy atom. The molecule has 0 atom stereocenters. The lowest BCUT2D eigenvalue weighted by molar-refractivity contribution is -0.128. The van der Waals surface area contributed by atoms with Crippen LogP contribution in [0.4, 0.5) is 8.78 Å². The summed E-state index contributed by atoms with van der Waals surface area (Å²) < 4.78 is 32.5. The van der Waals surface area contributed by atoms with Crippen LogP contribution in [0.1, 0.15) is 12.0 Å². The molecule has 2 aromatic rings. The van der Waals surface area contributed by atoms with E-state index < -0.39 is 17.5 Å². The van der Waals surface area contributed by atoms with Crippen LogP contribution in [0.3, 0.4) is 0 Å². The van der Waals surface area contributed by atoms with Crippen LogP contribution in [0.15, 0.2) is 65.0 Å². The number of aliphatic hydroxyl groups is 1. The summed E-state index contributed by atoms with van der Waals surface area (Å²) in [5.74, 6) is -0.997. The molecule has 2 rings (SSSR count). The van der Waals surface area contributed by atoms with E-state index in [1.54, 1.807) is 19.2 Å². The van der Waals surface area contributed by atoms with Crippen LogP contribution in [0, 0.1) is 11.6 Å². The number of carbonyl (C=O) groups is 2. The highest BCUT2D eigenvalue weighted by Crippen LogP contribution is 2.21. The van der Waals surface area contributed by atoms with E-state index >= 15 is 0 Å². The molecule has 0 aliphatic rings. The van der Waals surface area contributed by atoms with Crippen molar-refractivity contribution in [1.29, 1.82) is 0 Å². The van der Waals surface area contributed by atoms with Gasteiger partial charge < -0.3 is 24.5 Å². The first-order valence-corrected chi connectivity index (χ1v) is 10.4. The Labute approximate surface area is 197 Å². The van der Waals surface area contributed by atoms with Gasteiger partial charge in [0.25, 0.3) is 5.91 Å². The molecule has 10 heteroatoms. The number of amides is 2. The molecule has 0 saturated carbocycles. The lowest BCUT2D eigenvalue weighted by Gasteiger charge is -2.31. The molecule has 0 aromatic heterocycles. The number of hydrogen-bond acceptors (Lipinski definition) is 6. The third-order valence-corrected chi connectivity index (χ3v) is 4.86. The Morgan fingerprint density at radius 3 is 2.21 bits per heavy atom. The minimum atomic E-state index is -0.491. The van der Waals surface area contributed by atoms with Gasteiger partial charge in [0, 0.05) is 33.8 Å². The molecule has 0 heterocycles. The normalized spacial score (nSPS) is 11.3. The van der Waals surface area contributed by atoms with E-state index in [1.165, 1.54) is 53.2 Å². The zero-order valence-corrected chi connectivity index (χ0v) is 19.2. The molecular weight excluding hydrogens is 446 g/mol. The Hall–Kier alpha value is -3.79. The maximum Gasteiger partial charge on any atom is 0.273 e. The molecule has 2 amide bonds. The first kappa shape index (κ1) is 26.5.